The van der Waals surface area contributed by atoms with Crippen LogP contribution in [-0.4, -0.2) is 32.4 Å². The first-order chi connectivity index (χ1) is 12.8. The third kappa shape index (κ3) is 6.21. The van der Waals surface area contributed by atoms with Crippen LogP contribution in [0.4, 0.5) is 4.39 Å². The van der Waals surface area contributed by atoms with E-state index in [0.717, 1.165) is 12.1 Å². The number of nitrogens with one attached hydrogen (secondary N) is 1. The molecule has 0 heterocycles. The maximum absolute atomic E-state index is 13.8. The lowest BCUT2D eigenvalue weighted by Gasteiger charge is -2.18. The fraction of sp³-hybridized carbons (Fsp3) is 0.278. The minimum atomic E-state index is -4.22. The summed E-state index contributed by atoms with van der Waals surface area (Å²) in [4.78, 5) is 11.9. The van der Waals surface area contributed by atoms with Crippen LogP contribution in [0.3, 0.4) is 0 Å². The molecular formula is C18H19ClFNO4S2. The van der Waals surface area contributed by atoms with Gasteiger partial charge in [0.05, 0.1) is 0 Å². The van der Waals surface area contributed by atoms with Gasteiger partial charge in [0.25, 0.3) is 0 Å². The molecule has 0 aromatic heterocycles. The van der Waals surface area contributed by atoms with Crippen molar-refractivity contribution in [1.29, 1.82) is 0 Å². The Morgan fingerprint density at radius 2 is 1.89 bits per heavy atom. The Kier molecular flexibility index (Phi) is 8.09. The van der Waals surface area contributed by atoms with Gasteiger partial charge in [0.15, 0.2) is 0 Å². The van der Waals surface area contributed by atoms with Gasteiger partial charge >= 0.3 is 5.97 Å². The molecule has 1 N–H and O–H groups in total. The highest BCUT2D eigenvalue weighted by atomic mass is 35.5. The molecule has 27 heavy (non-hydrogen) atoms. The molecule has 0 saturated carbocycles. The fourth-order valence-corrected chi connectivity index (χ4v) is 4.20. The second-order valence-corrected chi connectivity index (χ2v) is 8.66. The van der Waals surface area contributed by atoms with Crippen molar-refractivity contribution in [2.45, 2.75) is 24.0 Å². The van der Waals surface area contributed by atoms with Crippen molar-refractivity contribution in [2.75, 3.05) is 12.0 Å². The maximum Gasteiger partial charge on any atom is 0.324 e. The van der Waals surface area contributed by atoms with Gasteiger partial charge in [-0.15, -0.1) is 0 Å². The van der Waals surface area contributed by atoms with Crippen LogP contribution in [0.25, 0.3) is 0 Å². The Morgan fingerprint density at radius 1 is 1.22 bits per heavy atom. The van der Waals surface area contributed by atoms with Crippen molar-refractivity contribution in [1.82, 2.24) is 4.72 Å². The molecule has 146 valence electrons. The number of thioether (sulfide) groups is 1. The van der Waals surface area contributed by atoms with E-state index >= 15 is 0 Å². The van der Waals surface area contributed by atoms with Gasteiger partial charge in [0.2, 0.25) is 10.0 Å². The van der Waals surface area contributed by atoms with E-state index in [9.17, 15) is 17.6 Å². The van der Waals surface area contributed by atoms with Gasteiger partial charge in [-0.1, -0.05) is 41.9 Å². The first-order valence-electron chi connectivity index (χ1n) is 8.01. The maximum atomic E-state index is 13.8. The summed E-state index contributed by atoms with van der Waals surface area (Å²) in [6, 6.07) is 10.7. The Hall–Kier alpha value is -1.61. The summed E-state index contributed by atoms with van der Waals surface area (Å²) < 4.78 is 46.3. The summed E-state index contributed by atoms with van der Waals surface area (Å²) in [5.74, 6) is -1.12. The van der Waals surface area contributed by atoms with E-state index < -0.39 is 32.7 Å². The highest BCUT2D eigenvalue weighted by Crippen LogP contribution is 2.18. The van der Waals surface area contributed by atoms with Crippen LogP contribution in [0.15, 0.2) is 53.4 Å². The smallest absolute Gasteiger partial charge is 0.324 e. The van der Waals surface area contributed by atoms with Crippen LogP contribution in [0.1, 0.15) is 12.0 Å². The zero-order chi connectivity index (χ0) is 19.9. The second kappa shape index (κ2) is 10.1. The Bertz CT molecular complexity index is 892. The third-order valence-electron chi connectivity index (χ3n) is 3.65. The molecule has 0 amide bonds. The minimum absolute atomic E-state index is 0.0876. The first kappa shape index (κ1) is 21.7. The lowest BCUT2D eigenvalue weighted by atomic mass is 10.2. The molecule has 0 aliphatic carbocycles. The molecule has 0 unspecified atom stereocenters. The molecule has 2 rings (SSSR count). The van der Waals surface area contributed by atoms with Crippen molar-refractivity contribution in [3.63, 3.8) is 0 Å². The highest BCUT2D eigenvalue weighted by molar-refractivity contribution is 7.98. The first-order valence-corrected chi connectivity index (χ1v) is 11.3. The predicted octanol–water partition coefficient (Wildman–Crippen LogP) is 3.62. The summed E-state index contributed by atoms with van der Waals surface area (Å²) in [5.41, 5.74) is 0.605. The molecule has 9 heteroatoms. The fourth-order valence-electron chi connectivity index (χ4n) is 2.24. The summed E-state index contributed by atoms with van der Waals surface area (Å²) in [7, 11) is -4.22. The van der Waals surface area contributed by atoms with Crippen molar-refractivity contribution in [2.24, 2.45) is 0 Å². The quantitative estimate of drug-likeness (QED) is 0.614. The van der Waals surface area contributed by atoms with Crippen molar-refractivity contribution >= 4 is 39.4 Å². The Labute approximate surface area is 167 Å². The molecule has 5 nitrogen and oxygen atoms in total. The van der Waals surface area contributed by atoms with Crippen LogP contribution < -0.4 is 4.72 Å². The van der Waals surface area contributed by atoms with Crippen molar-refractivity contribution in [3.8, 4) is 0 Å². The minimum Gasteiger partial charge on any atom is -0.460 e. The average molecular weight is 432 g/mol. The van der Waals surface area contributed by atoms with E-state index in [1.807, 2.05) is 6.26 Å². The summed E-state index contributed by atoms with van der Waals surface area (Å²) in [6.45, 7) is -0.0876. The normalized spacial score (nSPS) is 12.6. The van der Waals surface area contributed by atoms with Gasteiger partial charge in [0.1, 0.15) is 23.4 Å². The van der Waals surface area contributed by atoms with E-state index in [-0.39, 0.29) is 13.0 Å². The summed E-state index contributed by atoms with van der Waals surface area (Å²) in [5, 5.41) is 0.443. The molecule has 0 radical (unpaired) electrons. The van der Waals surface area contributed by atoms with Gasteiger partial charge < -0.3 is 4.74 Å². The standard InChI is InChI=1S/C18H19ClFNO4S2/c1-26-11-10-16(18(22)25-12-13-6-2-3-7-14(13)19)21-27(23,24)17-9-5-4-8-15(17)20/h2-9,16,21H,10-12H2,1H3/t16-/m0/s1. The molecule has 0 aliphatic rings. The van der Waals surface area contributed by atoms with Gasteiger partial charge in [0, 0.05) is 10.6 Å². The van der Waals surface area contributed by atoms with E-state index in [4.69, 9.17) is 16.3 Å². The number of esters is 1. The van der Waals surface area contributed by atoms with Gasteiger partial charge in [-0.25, -0.2) is 12.8 Å². The number of rotatable bonds is 9. The SMILES string of the molecule is CSCC[C@H](NS(=O)(=O)c1ccccc1F)C(=O)OCc1ccccc1Cl. The Morgan fingerprint density at radius 3 is 2.56 bits per heavy atom. The molecule has 0 aliphatic heterocycles. The number of ether oxygens (including phenoxy) is 1. The Balaban J connectivity index is 2.13. The van der Waals surface area contributed by atoms with Crippen molar-refractivity contribution in [3.05, 3.63) is 64.9 Å². The summed E-state index contributed by atoms with van der Waals surface area (Å²) in [6.07, 6.45) is 2.04. The van der Waals surface area contributed by atoms with E-state index in [1.54, 1.807) is 24.3 Å². The van der Waals surface area contributed by atoms with Crippen LogP contribution in [0.2, 0.25) is 5.02 Å². The van der Waals surface area contributed by atoms with Crippen LogP contribution in [0, 0.1) is 5.82 Å². The number of carbonyl (C=O) groups excluding carboxylic acids is 1. The third-order valence-corrected chi connectivity index (χ3v) is 6.16. The molecule has 2 aromatic rings. The van der Waals surface area contributed by atoms with Gasteiger partial charge in [-0.3, -0.25) is 4.79 Å². The van der Waals surface area contributed by atoms with Gasteiger partial charge in [-0.05, 0) is 36.6 Å². The van der Waals surface area contributed by atoms with E-state index in [2.05, 4.69) is 4.72 Å². The average Bonchev–Trinajstić information content (AvgIpc) is 2.64. The largest absolute Gasteiger partial charge is 0.460 e. The molecule has 0 saturated heterocycles. The summed E-state index contributed by atoms with van der Waals surface area (Å²) >= 11 is 7.48. The van der Waals surface area contributed by atoms with E-state index in [0.29, 0.717) is 16.3 Å². The molecule has 0 bridgehead atoms. The number of sulfonamides is 1. The number of benzene rings is 2. The van der Waals surface area contributed by atoms with E-state index in [1.165, 1.54) is 23.9 Å². The van der Waals surface area contributed by atoms with Crippen LogP contribution in [0.5, 0.6) is 0 Å². The van der Waals surface area contributed by atoms with Crippen LogP contribution >= 0.6 is 23.4 Å². The highest BCUT2D eigenvalue weighted by Gasteiger charge is 2.28. The monoisotopic (exact) mass is 431 g/mol. The number of hydrogen-bond acceptors (Lipinski definition) is 5. The zero-order valence-corrected chi connectivity index (χ0v) is 16.9. The van der Waals surface area contributed by atoms with Gasteiger partial charge in [-0.2, -0.15) is 16.5 Å². The topological polar surface area (TPSA) is 72.5 Å². The number of hydrogen-bond donors (Lipinski definition) is 1. The second-order valence-electron chi connectivity index (χ2n) is 5.58. The molecule has 2 aromatic carbocycles. The number of halogens is 2. The number of carbonyl (C=O) groups is 1. The molecular weight excluding hydrogens is 413 g/mol. The molecule has 1 atom stereocenters. The zero-order valence-electron chi connectivity index (χ0n) is 14.5. The lowest BCUT2D eigenvalue weighted by Crippen LogP contribution is -2.42. The molecule has 0 spiro atoms. The van der Waals surface area contributed by atoms with Crippen LogP contribution in [-0.2, 0) is 26.2 Å². The lowest BCUT2D eigenvalue weighted by molar-refractivity contribution is -0.147. The van der Waals surface area contributed by atoms with Crippen molar-refractivity contribution < 1.29 is 22.3 Å². The predicted molar refractivity (Wildman–Crippen MR) is 105 cm³/mol. The molecule has 0 fully saturated rings.